The van der Waals surface area contributed by atoms with Crippen molar-refractivity contribution in [1.82, 2.24) is 9.80 Å². The molecule has 9 heteroatoms. The molecule has 0 unspecified atom stereocenters. The summed E-state index contributed by atoms with van der Waals surface area (Å²) in [6.07, 6.45) is 0. The van der Waals surface area contributed by atoms with Crippen molar-refractivity contribution in [2.24, 2.45) is 0 Å². The lowest BCUT2D eigenvalue weighted by Crippen LogP contribution is -2.48. The molecule has 0 aromatic heterocycles. The number of nitrogens with zero attached hydrogens (tertiary/aromatic N) is 3. The number of halogens is 1. The number of hydrogen-bond acceptors (Lipinski definition) is 5. The zero-order valence-corrected chi connectivity index (χ0v) is 16.7. The third-order valence-corrected chi connectivity index (χ3v) is 5.23. The topological polar surface area (TPSA) is 95.8 Å². The van der Waals surface area contributed by atoms with Gasteiger partial charge in [-0.1, -0.05) is 30.7 Å². The smallest absolute Gasteiger partial charge is 0.270 e. The fraction of sp³-hybridized carbons (Fsp3) is 0.300. The molecule has 8 nitrogen and oxygen atoms in total. The number of benzene rings is 2. The average Bonchev–Trinajstić information content (AvgIpc) is 2.73. The number of anilines is 1. The van der Waals surface area contributed by atoms with Crippen LogP contribution in [0.3, 0.4) is 0 Å². The summed E-state index contributed by atoms with van der Waals surface area (Å²) in [4.78, 5) is 39.9. The van der Waals surface area contributed by atoms with E-state index < -0.39 is 10.8 Å². The van der Waals surface area contributed by atoms with Crippen LogP contribution in [0.25, 0.3) is 0 Å². The number of likely N-dealkylation sites (N-methyl/N-ethyl adjacent to an activating group) is 1. The van der Waals surface area contributed by atoms with E-state index in [-0.39, 0.29) is 22.2 Å². The number of hydrogen-bond donors (Lipinski definition) is 1. The molecule has 1 aliphatic heterocycles. The first-order valence-corrected chi connectivity index (χ1v) is 9.64. The normalized spacial score (nSPS) is 14.5. The lowest BCUT2D eigenvalue weighted by Gasteiger charge is -2.34. The van der Waals surface area contributed by atoms with Crippen molar-refractivity contribution in [3.8, 4) is 0 Å². The molecule has 1 N–H and O–H groups in total. The van der Waals surface area contributed by atoms with E-state index in [4.69, 9.17) is 11.6 Å². The number of carbonyl (C=O) groups is 2. The molecule has 0 spiro atoms. The van der Waals surface area contributed by atoms with Gasteiger partial charge < -0.3 is 15.1 Å². The largest absolute Gasteiger partial charge is 0.336 e. The summed E-state index contributed by atoms with van der Waals surface area (Å²) in [5.74, 6) is -0.688. The van der Waals surface area contributed by atoms with E-state index in [0.29, 0.717) is 24.3 Å². The van der Waals surface area contributed by atoms with E-state index in [1.165, 1.54) is 12.1 Å². The van der Waals surface area contributed by atoms with Gasteiger partial charge >= 0.3 is 0 Å². The maximum atomic E-state index is 13.0. The summed E-state index contributed by atoms with van der Waals surface area (Å²) < 4.78 is 0. The predicted octanol–water partition coefficient (Wildman–Crippen LogP) is 3.28. The molecule has 0 radical (unpaired) electrons. The Morgan fingerprint density at radius 1 is 1.10 bits per heavy atom. The molecule has 1 aliphatic rings. The molecule has 29 heavy (non-hydrogen) atoms. The maximum Gasteiger partial charge on any atom is 0.270 e. The van der Waals surface area contributed by atoms with Crippen molar-refractivity contribution >= 4 is 34.8 Å². The lowest BCUT2D eigenvalue weighted by atomic mass is 10.1. The number of rotatable bonds is 5. The molecule has 2 amide bonds. The summed E-state index contributed by atoms with van der Waals surface area (Å²) in [6, 6.07) is 10.4. The minimum absolute atomic E-state index is 0.0313. The standard InChI is InChI=1S/C20H21ClN4O4/c1-2-23-9-11-24(12-10-23)20(27)16-5-3-4-6-18(16)22-19(26)15-8-7-14(25(28)29)13-17(15)21/h3-8,13H,2,9-12H2,1H3,(H,22,26). The van der Waals surface area contributed by atoms with Crippen LogP contribution in [0.2, 0.25) is 5.02 Å². The van der Waals surface area contributed by atoms with Gasteiger partial charge in [-0.3, -0.25) is 19.7 Å². The first kappa shape index (κ1) is 20.8. The van der Waals surface area contributed by atoms with Crippen LogP contribution in [0, 0.1) is 10.1 Å². The molecule has 1 fully saturated rings. The summed E-state index contributed by atoms with van der Waals surface area (Å²) in [7, 11) is 0. The van der Waals surface area contributed by atoms with Gasteiger partial charge in [0, 0.05) is 38.3 Å². The zero-order valence-electron chi connectivity index (χ0n) is 15.9. The highest BCUT2D eigenvalue weighted by Crippen LogP contribution is 2.25. The number of non-ortho nitro benzene ring substituents is 1. The van der Waals surface area contributed by atoms with E-state index in [0.717, 1.165) is 25.7 Å². The first-order chi connectivity index (χ1) is 13.9. The third kappa shape index (κ3) is 4.72. The Hall–Kier alpha value is -2.97. The quantitative estimate of drug-likeness (QED) is 0.596. The molecule has 1 heterocycles. The average molecular weight is 417 g/mol. The van der Waals surface area contributed by atoms with E-state index >= 15 is 0 Å². The van der Waals surface area contributed by atoms with Crippen molar-refractivity contribution in [1.29, 1.82) is 0 Å². The molecule has 152 valence electrons. The Kier molecular flexibility index (Phi) is 6.46. The maximum absolute atomic E-state index is 13.0. The highest BCUT2D eigenvalue weighted by Gasteiger charge is 2.24. The molecule has 3 rings (SSSR count). The summed E-state index contributed by atoms with van der Waals surface area (Å²) >= 11 is 6.04. The molecule has 0 aliphatic carbocycles. The van der Waals surface area contributed by atoms with Crippen molar-refractivity contribution in [2.45, 2.75) is 6.92 Å². The molecule has 2 aromatic carbocycles. The number of nitrogens with one attached hydrogen (secondary N) is 1. The van der Waals surface area contributed by atoms with E-state index in [2.05, 4.69) is 17.1 Å². The van der Waals surface area contributed by atoms with Gasteiger partial charge in [0.2, 0.25) is 0 Å². The summed E-state index contributed by atoms with van der Waals surface area (Å²) in [5, 5.41) is 13.5. The Morgan fingerprint density at radius 2 is 1.79 bits per heavy atom. The molecule has 2 aromatic rings. The van der Waals surface area contributed by atoms with Gasteiger partial charge in [0.25, 0.3) is 17.5 Å². The van der Waals surface area contributed by atoms with Crippen LogP contribution in [-0.4, -0.2) is 59.3 Å². The number of carbonyl (C=O) groups excluding carboxylic acids is 2. The van der Waals surface area contributed by atoms with Gasteiger partial charge in [0.15, 0.2) is 0 Å². The lowest BCUT2D eigenvalue weighted by molar-refractivity contribution is -0.384. The number of piperazine rings is 1. The minimum atomic E-state index is -0.584. The Balaban J connectivity index is 1.78. The highest BCUT2D eigenvalue weighted by molar-refractivity contribution is 6.34. The summed E-state index contributed by atoms with van der Waals surface area (Å²) in [6.45, 7) is 5.92. The van der Waals surface area contributed by atoms with Crippen LogP contribution in [0.1, 0.15) is 27.6 Å². The minimum Gasteiger partial charge on any atom is -0.336 e. The van der Waals surface area contributed by atoms with Gasteiger partial charge in [0.1, 0.15) is 0 Å². The highest BCUT2D eigenvalue weighted by atomic mass is 35.5. The molecule has 1 saturated heterocycles. The van der Waals surface area contributed by atoms with Crippen LogP contribution >= 0.6 is 11.6 Å². The number of nitro groups is 1. The van der Waals surface area contributed by atoms with Gasteiger partial charge in [-0.05, 0) is 24.7 Å². The van der Waals surface area contributed by atoms with Crippen LogP contribution < -0.4 is 5.32 Å². The van der Waals surface area contributed by atoms with Gasteiger partial charge in [-0.2, -0.15) is 0 Å². The van der Waals surface area contributed by atoms with Gasteiger partial charge in [0.05, 0.1) is 26.8 Å². The number of para-hydroxylation sites is 1. The predicted molar refractivity (Wildman–Crippen MR) is 111 cm³/mol. The van der Waals surface area contributed by atoms with Crippen LogP contribution in [0.5, 0.6) is 0 Å². The van der Waals surface area contributed by atoms with Gasteiger partial charge in [-0.25, -0.2) is 0 Å². The molecule has 0 saturated carbocycles. The molecule has 0 atom stereocenters. The van der Waals surface area contributed by atoms with E-state index in [1.807, 2.05) is 0 Å². The molecular weight excluding hydrogens is 396 g/mol. The SMILES string of the molecule is CCN1CCN(C(=O)c2ccccc2NC(=O)c2ccc([N+](=O)[O-])cc2Cl)CC1. The second-order valence-electron chi connectivity index (χ2n) is 6.65. The summed E-state index contributed by atoms with van der Waals surface area (Å²) in [5.41, 5.74) is 0.656. The van der Waals surface area contributed by atoms with Gasteiger partial charge in [-0.15, -0.1) is 0 Å². The zero-order chi connectivity index (χ0) is 21.0. The third-order valence-electron chi connectivity index (χ3n) is 4.92. The van der Waals surface area contributed by atoms with Crippen molar-refractivity contribution in [2.75, 3.05) is 38.0 Å². The van der Waals surface area contributed by atoms with E-state index in [9.17, 15) is 19.7 Å². The first-order valence-electron chi connectivity index (χ1n) is 9.26. The number of amides is 2. The van der Waals surface area contributed by atoms with E-state index in [1.54, 1.807) is 29.2 Å². The Morgan fingerprint density at radius 3 is 2.41 bits per heavy atom. The second-order valence-corrected chi connectivity index (χ2v) is 7.05. The Bertz CT molecular complexity index is 942. The second kappa shape index (κ2) is 9.02. The van der Waals surface area contributed by atoms with Crippen LogP contribution in [0.15, 0.2) is 42.5 Å². The molecular formula is C20H21ClN4O4. The van der Waals surface area contributed by atoms with Crippen LogP contribution in [-0.2, 0) is 0 Å². The Labute approximate surface area is 173 Å². The molecule has 0 bridgehead atoms. The monoisotopic (exact) mass is 416 g/mol. The van der Waals surface area contributed by atoms with Crippen molar-refractivity contribution < 1.29 is 14.5 Å². The fourth-order valence-electron chi connectivity index (χ4n) is 3.21. The van der Waals surface area contributed by atoms with Crippen molar-refractivity contribution in [3.05, 3.63) is 68.7 Å². The van der Waals surface area contributed by atoms with Crippen LogP contribution in [0.4, 0.5) is 11.4 Å². The van der Waals surface area contributed by atoms with Crippen molar-refractivity contribution in [3.63, 3.8) is 0 Å². The fourth-order valence-corrected chi connectivity index (χ4v) is 3.47. The number of nitro benzene ring substituents is 1.